The van der Waals surface area contributed by atoms with Crippen molar-refractivity contribution in [1.29, 1.82) is 0 Å². The molecule has 0 spiro atoms. The Balaban J connectivity index is 2.44. The molecule has 2 N–H and O–H groups in total. The summed E-state index contributed by atoms with van der Waals surface area (Å²) in [5.74, 6) is 2.19. The molecule has 0 fully saturated rings. The molecule has 0 bridgehead atoms. The van der Waals surface area contributed by atoms with E-state index in [1.807, 2.05) is 6.92 Å². The van der Waals surface area contributed by atoms with Crippen molar-refractivity contribution < 1.29 is 4.74 Å². The van der Waals surface area contributed by atoms with Crippen molar-refractivity contribution in [3.63, 3.8) is 0 Å². The van der Waals surface area contributed by atoms with Gasteiger partial charge < -0.3 is 10.5 Å². The van der Waals surface area contributed by atoms with Gasteiger partial charge in [0.1, 0.15) is 5.82 Å². The van der Waals surface area contributed by atoms with Gasteiger partial charge in [-0.2, -0.15) is 4.98 Å². The van der Waals surface area contributed by atoms with Crippen LogP contribution in [0.3, 0.4) is 0 Å². The summed E-state index contributed by atoms with van der Waals surface area (Å²) in [6.45, 7) is 4.26. The van der Waals surface area contributed by atoms with Gasteiger partial charge in [-0.3, -0.25) is 0 Å². The van der Waals surface area contributed by atoms with Crippen molar-refractivity contribution in [2.75, 3.05) is 12.3 Å². The molecule has 0 atom stereocenters. The number of nitrogens with zero attached hydrogens (tertiary/aromatic N) is 4. The summed E-state index contributed by atoms with van der Waals surface area (Å²) in [5, 5.41) is 4.12. The molecule has 0 saturated carbocycles. The van der Waals surface area contributed by atoms with Crippen molar-refractivity contribution in [2.24, 2.45) is 0 Å². The number of halogens is 1. The second-order valence-corrected chi connectivity index (χ2v) is 4.21. The maximum Gasteiger partial charge on any atom is 0.218 e. The highest BCUT2D eigenvalue weighted by atomic mass is 79.9. The minimum atomic E-state index is 0.416. The summed E-state index contributed by atoms with van der Waals surface area (Å²) in [6.07, 6.45) is 1.74. The van der Waals surface area contributed by atoms with E-state index in [1.165, 1.54) is 0 Å². The number of rotatable bonds is 3. The Morgan fingerprint density at radius 1 is 1.47 bits per heavy atom. The van der Waals surface area contributed by atoms with Gasteiger partial charge in [-0.25, -0.2) is 9.67 Å². The fourth-order valence-electron chi connectivity index (χ4n) is 1.35. The number of hydrogen-bond acceptors (Lipinski definition) is 5. The predicted molar refractivity (Wildman–Crippen MR) is 67.2 cm³/mol. The van der Waals surface area contributed by atoms with E-state index in [0.29, 0.717) is 29.9 Å². The summed E-state index contributed by atoms with van der Waals surface area (Å²) >= 11 is 3.30. The van der Waals surface area contributed by atoms with Crippen LogP contribution >= 0.6 is 15.9 Å². The minimum Gasteiger partial charge on any atom is -0.478 e. The molecule has 2 heterocycles. The fourth-order valence-corrected chi connectivity index (χ4v) is 1.62. The molecule has 0 unspecified atom stereocenters. The minimum absolute atomic E-state index is 0.416. The van der Waals surface area contributed by atoms with Crippen LogP contribution in [0.4, 0.5) is 5.82 Å². The highest BCUT2D eigenvalue weighted by Crippen LogP contribution is 2.20. The largest absolute Gasteiger partial charge is 0.478 e. The van der Waals surface area contributed by atoms with Gasteiger partial charge in [-0.05, 0) is 29.8 Å². The van der Waals surface area contributed by atoms with Crippen LogP contribution in [-0.2, 0) is 0 Å². The Bertz CT molecular complexity index is 520. The van der Waals surface area contributed by atoms with Crippen LogP contribution in [0, 0.1) is 6.92 Å². The zero-order valence-corrected chi connectivity index (χ0v) is 11.1. The molecule has 0 saturated heterocycles. The van der Waals surface area contributed by atoms with Gasteiger partial charge >= 0.3 is 0 Å². The first kappa shape index (κ1) is 11.8. The van der Waals surface area contributed by atoms with Gasteiger partial charge in [0.05, 0.1) is 11.1 Å². The Kier molecular flexibility index (Phi) is 3.28. The van der Waals surface area contributed by atoms with E-state index in [9.17, 15) is 0 Å². The lowest BCUT2D eigenvalue weighted by molar-refractivity contribution is 0.325. The van der Waals surface area contributed by atoms with Crippen molar-refractivity contribution in [2.45, 2.75) is 13.8 Å². The molecule has 90 valence electrons. The highest BCUT2D eigenvalue weighted by molar-refractivity contribution is 9.10. The van der Waals surface area contributed by atoms with Crippen LogP contribution in [-0.4, -0.2) is 26.4 Å². The molecule has 2 aromatic heterocycles. The number of nitrogen functional groups attached to an aromatic ring is 1. The second kappa shape index (κ2) is 4.70. The molecule has 0 aliphatic heterocycles. The predicted octanol–water partition coefficient (Wildman–Crippen LogP) is 1.71. The van der Waals surface area contributed by atoms with Crippen molar-refractivity contribution in [3.05, 3.63) is 22.6 Å². The van der Waals surface area contributed by atoms with E-state index in [4.69, 9.17) is 10.5 Å². The lowest BCUT2D eigenvalue weighted by atomic mass is 10.5. The molecule has 0 amide bonds. The summed E-state index contributed by atoms with van der Waals surface area (Å²) in [6, 6.07) is 1.72. The highest BCUT2D eigenvalue weighted by Gasteiger charge is 2.08. The van der Waals surface area contributed by atoms with Gasteiger partial charge in [0.25, 0.3) is 0 Å². The van der Waals surface area contributed by atoms with Crippen LogP contribution in [0.15, 0.2) is 16.7 Å². The first-order valence-corrected chi connectivity index (χ1v) is 5.89. The first-order chi connectivity index (χ1) is 8.10. The molecule has 0 aromatic carbocycles. The average molecular weight is 298 g/mol. The number of nitrogens with two attached hydrogens (primary N) is 1. The standard InChI is InChI=1S/C10H12BrN5O/c1-3-17-9-4-8(13-6(2)14-9)16-5-7(11)10(12)15-16/h4-5H,3H2,1-2H3,(H2,12,15). The van der Waals surface area contributed by atoms with Gasteiger partial charge in [-0.15, -0.1) is 5.10 Å². The zero-order chi connectivity index (χ0) is 12.4. The van der Waals surface area contributed by atoms with Crippen LogP contribution < -0.4 is 10.5 Å². The molecular formula is C10H12BrN5O. The first-order valence-electron chi connectivity index (χ1n) is 5.09. The van der Waals surface area contributed by atoms with Crippen LogP contribution in [0.2, 0.25) is 0 Å². The van der Waals surface area contributed by atoms with E-state index in [2.05, 4.69) is 31.0 Å². The summed E-state index contributed by atoms with van der Waals surface area (Å²) < 4.78 is 7.66. The molecule has 0 aliphatic rings. The normalized spacial score (nSPS) is 10.5. The van der Waals surface area contributed by atoms with E-state index in [1.54, 1.807) is 23.9 Å². The van der Waals surface area contributed by atoms with E-state index in [0.717, 1.165) is 4.47 Å². The second-order valence-electron chi connectivity index (χ2n) is 3.35. The maximum atomic E-state index is 5.66. The molecule has 17 heavy (non-hydrogen) atoms. The third kappa shape index (κ3) is 2.55. The summed E-state index contributed by atoms with van der Waals surface area (Å²) in [4.78, 5) is 8.43. The zero-order valence-electron chi connectivity index (χ0n) is 9.51. The van der Waals surface area contributed by atoms with E-state index >= 15 is 0 Å². The third-order valence-corrected chi connectivity index (χ3v) is 2.63. The molecule has 2 aromatic rings. The quantitative estimate of drug-likeness (QED) is 0.933. The summed E-state index contributed by atoms with van der Waals surface area (Å²) in [5.41, 5.74) is 5.66. The molecule has 7 heteroatoms. The molecule has 6 nitrogen and oxygen atoms in total. The SMILES string of the molecule is CCOc1cc(-n2cc(Br)c(N)n2)nc(C)n1. The lowest BCUT2D eigenvalue weighted by Crippen LogP contribution is -2.04. The molecule has 0 aliphatic carbocycles. The number of aryl methyl sites for hydroxylation is 1. The Morgan fingerprint density at radius 3 is 2.82 bits per heavy atom. The van der Waals surface area contributed by atoms with Crippen molar-refractivity contribution in [1.82, 2.24) is 19.7 Å². The van der Waals surface area contributed by atoms with Crippen molar-refractivity contribution >= 4 is 21.7 Å². The van der Waals surface area contributed by atoms with E-state index in [-0.39, 0.29) is 0 Å². The number of hydrogen-bond donors (Lipinski definition) is 1. The molecule has 2 rings (SSSR count). The number of aromatic nitrogens is 4. The Morgan fingerprint density at radius 2 is 2.24 bits per heavy atom. The summed E-state index contributed by atoms with van der Waals surface area (Å²) in [7, 11) is 0. The molecular weight excluding hydrogens is 286 g/mol. The van der Waals surface area contributed by atoms with Gasteiger partial charge in [0.15, 0.2) is 11.6 Å². The maximum absolute atomic E-state index is 5.66. The average Bonchev–Trinajstić information content (AvgIpc) is 2.59. The molecule has 0 radical (unpaired) electrons. The van der Waals surface area contributed by atoms with E-state index < -0.39 is 0 Å². The van der Waals surface area contributed by atoms with Gasteiger partial charge in [0, 0.05) is 12.3 Å². The monoisotopic (exact) mass is 297 g/mol. The third-order valence-electron chi connectivity index (χ3n) is 2.02. The van der Waals surface area contributed by atoms with Gasteiger partial charge in [0.2, 0.25) is 5.88 Å². The lowest BCUT2D eigenvalue weighted by Gasteiger charge is -2.05. The van der Waals surface area contributed by atoms with Crippen LogP contribution in [0.5, 0.6) is 5.88 Å². The van der Waals surface area contributed by atoms with Gasteiger partial charge in [-0.1, -0.05) is 0 Å². The Hall–Kier alpha value is -1.63. The van der Waals surface area contributed by atoms with Crippen LogP contribution in [0.1, 0.15) is 12.7 Å². The Labute approximate surface area is 107 Å². The smallest absolute Gasteiger partial charge is 0.218 e. The van der Waals surface area contributed by atoms with Crippen molar-refractivity contribution in [3.8, 4) is 11.7 Å². The van der Waals surface area contributed by atoms with Crippen LogP contribution in [0.25, 0.3) is 5.82 Å². The topological polar surface area (TPSA) is 78.9 Å². The number of ether oxygens (including phenoxy) is 1. The number of anilines is 1. The fraction of sp³-hybridized carbons (Fsp3) is 0.300.